The Hall–Kier alpha value is -1.49. The van der Waals surface area contributed by atoms with Crippen LogP contribution in [0.3, 0.4) is 0 Å². The van der Waals surface area contributed by atoms with Crippen molar-refractivity contribution < 1.29 is 13.2 Å². The number of hydrogen-bond acceptors (Lipinski definition) is 1. The Bertz CT molecular complexity index is 601. The molecule has 1 aliphatic carbocycles. The molecule has 2 nitrogen and oxygen atoms in total. The van der Waals surface area contributed by atoms with Gasteiger partial charge in [0.2, 0.25) is 0 Å². The number of nitrogens with one attached hydrogen (secondary N) is 1. The molecule has 0 amide bonds. The molecular formula is C11H6ClF3N2. The second-order valence-electron chi connectivity index (χ2n) is 3.90. The van der Waals surface area contributed by atoms with Gasteiger partial charge in [0.05, 0.1) is 5.69 Å². The number of benzene rings is 1. The fourth-order valence-electron chi connectivity index (χ4n) is 2.12. The van der Waals surface area contributed by atoms with Crippen LogP contribution in [0.4, 0.5) is 13.2 Å². The van der Waals surface area contributed by atoms with Crippen LogP contribution < -0.4 is 0 Å². The lowest BCUT2D eigenvalue weighted by Gasteiger charge is -2.04. The van der Waals surface area contributed by atoms with Crippen LogP contribution in [0.25, 0.3) is 11.3 Å². The Kier molecular flexibility index (Phi) is 2.04. The highest BCUT2D eigenvalue weighted by atomic mass is 35.5. The fourth-order valence-corrected chi connectivity index (χ4v) is 2.32. The van der Waals surface area contributed by atoms with E-state index in [2.05, 4.69) is 10.2 Å². The van der Waals surface area contributed by atoms with E-state index in [1.807, 2.05) is 0 Å². The average molecular weight is 259 g/mol. The number of hydrogen-bond donors (Lipinski definition) is 1. The number of aromatic amines is 1. The molecule has 1 aliphatic rings. The van der Waals surface area contributed by atoms with Crippen molar-refractivity contribution in [3.05, 3.63) is 40.0 Å². The maximum Gasteiger partial charge on any atom is 0.433 e. The Labute approximate surface area is 99.4 Å². The predicted molar refractivity (Wildman–Crippen MR) is 56.8 cm³/mol. The molecule has 0 radical (unpaired) electrons. The molecule has 88 valence electrons. The standard InChI is InChI=1S/C11H6ClF3N2/c12-6-1-2-7-5(3-6)4-8-9(7)16-17-10(8)11(13,14)15/h1-3H,4H2,(H,16,17). The van der Waals surface area contributed by atoms with Crippen LogP contribution in [0, 0.1) is 0 Å². The minimum Gasteiger partial charge on any atom is -0.273 e. The minimum atomic E-state index is -4.40. The van der Waals surface area contributed by atoms with Crippen molar-refractivity contribution in [2.45, 2.75) is 12.6 Å². The predicted octanol–water partition coefficient (Wildman–Crippen LogP) is 3.65. The van der Waals surface area contributed by atoms with E-state index in [-0.39, 0.29) is 12.0 Å². The molecule has 1 heterocycles. The lowest BCUT2D eigenvalue weighted by molar-refractivity contribution is -0.141. The number of fused-ring (bicyclic) bond motifs is 3. The van der Waals surface area contributed by atoms with Crippen LogP contribution in [0.1, 0.15) is 16.8 Å². The molecule has 0 saturated carbocycles. The molecule has 1 aromatic carbocycles. The van der Waals surface area contributed by atoms with Crippen molar-refractivity contribution in [2.24, 2.45) is 0 Å². The summed E-state index contributed by atoms with van der Waals surface area (Å²) in [6.07, 6.45) is -4.18. The van der Waals surface area contributed by atoms with Crippen molar-refractivity contribution in [3.8, 4) is 11.3 Å². The van der Waals surface area contributed by atoms with E-state index in [0.717, 1.165) is 11.1 Å². The zero-order valence-corrected chi connectivity index (χ0v) is 9.15. The van der Waals surface area contributed by atoms with Gasteiger partial charge in [-0.1, -0.05) is 17.7 Å². The van der Waals surface area contributed by atoms with E-state index < -0.39 is 11.9 Å². The molecule has 0 saturated heterocycles. The van der Waals surface area contributed by atoms with Crippen molar-refractivity contribution in [3.63, 3.8) is 0 Å². The van der Waals surface area contributed by atoms with Crippen LogP contribution in [0.15, 0.2) is 18.2 Å². The molecule has 6 heteroatoms. The minimum absolute atomic E-state index is 0.203. The number of H-pyrrole nitrogens is 1. The highest BCUT2D eigenvalue weighted by Gasteiger charge is 2.39. The first-order chi connectivity index (χ1) is 7.97. The topological polar surface area (TPSA) is 28.7 Å². The molecule has 1 aromatic heterocycles. The molecule has 0 aliphatic heterocycles. The third-order valence-electron chi connectivity index (χ3n) is 2.84. The van der Waals surface area contributed by atoms with Crippen molar-refractivity contribution in [2.75, 3.05) is 0 Å². The molecule has 3 rings (SSSR count). The van der Waals surface area contributed by atoms with Crippen LogP contribution >= 0.6 is 11.6 Å². The monoisotopic (exact) mass is 258 g/mol. The smallest absolute Gasteiger partial charge is 0.273 e. The SMILES string of the molecule is FC(F)(F)c1[nH]nc2c1Cc1cc(Cl)ccc1-2. The number of aromatic nitrogens is 2. The third-order valence-corrected chi connectivity index (χ3v) is 3.08. The Morgan fingerprint density at radius 1 is 1.29 bits per heavy atom. The second kappa shape index (κ2) is 3.26. The Balaban J connectivity index is 2.17. The molecule has 0 atom stereocenters. The van der Waals surface area contributed by atoms with Gasteiger partial charge in [0.15, 0.2) is 0 Å². The highest BCUT2D eigenvalue weighted by Crippen LogP contribution is 2.42. The fraction of sp³-hybridized carbons (Fsp3) is 0.182. The van der Waals surface area contributed by atoms with Gasteiger partial charge < -0.3 is 0 Å². The Morgan fingerprint density at radius 3 is 2.76 bits per heavy atom. The molecule has 17 heavy (non-hydrogen) atoms. The van der Waals surface area contributed by atoms with Crippen molar-refractivity contribution in [1.82, 2.24) is 10.2 Å². The summed E-state index contributed by atoms with van der Waals surface area (Å²) in [5.74, 6) is 0. The van der Waals surface area contributed by atoms with Gasteiger partial charge >= 0.3 is 6.18 Å². The first-order valence-electron chi connectivity index (χ1n) is 4.90. The van der Waals surface area contributed by atoms with Gasteiger partial charge in [-0.2, -0.15) is 18.3 Å². The van der Waals surface area contributed by atoms with E-state index in [1.165, 1.54) is 0 Å². The van der Waals surface area contributed by atoms with Gasteiger partial charge in [-0.15, -0.1) is 0 Å². The van der Waals surface area contributed by atoms with Crippen LogP contribution in [0.2, 0.25) is 5.02 Å². The average Bonchev–Trinajstić information content (AvgIpc) is 2.72. The number of rotatable bonds is 0. The van der Waals surface area contributed by atoms with E-state index in [0.29, 0.717) is 10.7 Å². The summed E-state index contributed by atoms with van der Waals surface area (Å²) >= 11 is 5.81. The number of nitrogens with zero attached hydrogens (tertiary/aromatic N) is 1. The maximum atomic E-state index is 12.7. The summed E-state index contributed by atoms with van der Waals surface area (Å²) in [5.41, 5.74) is 1.32. The lowest BCUT2D eigenvalue weighted by atomic mass is 10.1. The summed E-state index contributed by atoms with van der Waals surface area (Å²) in [6, 6.07) is 5.03. The van der Waals surface area contributed by atoms with E-state index in [4.69, 9.17) is 11.6 Å². The van der Waals surface area contributed by atoms with Crippen LogP contribution in [0.5, 0.6) is 0 Å². The van der Waals surface area contributed by atoms with Gasteiger partial charge in [-0.05, 0) is 17.7 Å². The quantitative estimate of drug-likeness (QED) is 0.655. The number of alkyl halides is 3. The second-order valence-corrected chi connectivity index (χ2v) is 4.34. The zero-order valence-electron chi connectivity index (χ0n) is 8.40. The Morgan fingerprint density at radius 2 is 2.06 bits per heavy atom. The first kappa shape index (κ1) is 10.7. The van der Waals surface area contributed by atoms with Gasteiger partial charge in [-0.3, -0.25) is 5.10 Å². The maximum absolute atomic E-state index is 12.7. The molecule has 0 spiro atoms. The molecule has 0 fully saturated rings. The normalized spacial score (nSPS) is 13.6. The lowest BCUT2D eigenvalue weighted by Crippen LogP contribution is -2.08. The third kappa shape index (κ3) is 1.53. The largest absolute Gasteiger partial charge is 0.433 e. The molecular weight excluding hydrogens is 253 g/mol. The zero-order chi connectivity index (χ0) is 12.2. The summed E-state index contributed by atoms with van der Waals surface area (Å²) in [7, 11) is 0. The van der Waals surface area contributed by atoms with E-state index in [1.54, 1.807) is 18.2 Å². The van der Waals surface area contributed by atoms with Crippen molar-refractivity contribution in [1.29, 1.82) is 0 Å². The van der Waals surface area contributed by atoms with Gasteiger partial charge in [0, 0.05) is 22.6 Å². The van der Waals surface area contributed by atoms with E-state index in [9.17, 15) is 13.2 Å². The van der Waals surface area contributed by atoms with Crippen LogP contribution in [-0.4, -0.2) is 10.2 Å². The van der Waals surface area contributed by atoms with Crippen LogP contribution in [-0.2, 0) is 12.6 Å². The van der Waals surface area contributed by atoms with Crippen molar-refractivity contribution >= 4 is 11.6 Å². The van der Waals surface area contributed by atoms with Gasteiger partial charge in [0.1, 0.15) is 5.69 Å². The highest BCUT2D eigenvalue weighted by molar-refractivity contribution is 6.30. The molecule has 0 unspecified atom stereocenters. The summed E-state index contributed by atoms with van der Waals surface area (Å²) in [6.45, 7) is 0. The molecule has 0 bridgehead atoms. The summed E-state index contributed by atoms with van der Waals surface area (Å²) in [4.78, 5) is 0. The van der Waals surface area contributed by atoms with Gasteiger partial charge in [-0.25, -0.2) is 0 Å². The van der Waals surface area contributed by atoms with Gasteiger partial charge in [0.25, 0.3) is 0 Å². The molecule has 1 N–H and O–H groups in total. The first-order valence-corrected chi connectivity index (χ1v) is 5.28. The number of halogens is 4. The summed E-state index contributed by atoms with van der Waals surface area (Å²) in [5, 5.41) is 6.33. The van der Waals surface area contributed by atoms with E-state index >= 15 is 0 Å². The molecule has 2 aromatic rings. The summed E-state index contributed by atoms with van der Waals surface area (Å²) < 4.78 is 38.0.